The van der Waals surface area contributed by atoms with Gasteiger partial charge in [-0.1, -0.05) is 54.1 Å². The zero-order valence-corrected chi connectivity index (χ0v) is 13.5. The first-order valence-electron chi connectivity index (χ1n) is 7.46. The lowest BCUT2D eigenvalue weighted by Crippen LogP contribution is -2.20. The average molecular weight is 283 g/mol. The van der Waals surface area contributed by atoms with Crippen LogP contribution in [0.1, 0.15) is 28.4 Å². The van der Waals surface area contributed by atoms with E-state index in [2.05, 4.69) is 75.3 Å². The number of rotatable bonds is 6. The molecule has 0 amide bonds. The first kappa shape index (κ1) is 15.7. The summed E-state index contributed by atoms with van der Waals surface area (Å²) >= 11 is 0. The summed E-state index contributed by atoms with van der Waals surface area (Å²) < 4.78 is 6.22. The summed E-state index contributed by atoms with van der Waals surface area (Å²) in [6.07, 6.45) is 0.00560. The predicted molar refractivity (Wildman–Crippen MR) is 88.7 cm³/mol. The van der Waals surface area contributed by atoms with Gasteiger partial charge in [0.05, 0.1) is 6.61 Å². The molecule has 0 heterocycles. The van der Waals surface area contributed by atoms with E-state index in [9.17, 15) is 0 Å². The highest BCUT2D eigenvalue weighted by atomic mass is 16.5. The molecule has 1 atom stereocenters. The summed E-state index contributed by atoms with van der Waals surface area (Å²) in [4.78, 5) is 2.14. The van der Waals surface area contributed by atoms with Crippen molar-refractivity contribution in [1.29, 1.82) is 0 Å². The largest absolute Gasteiger partial charge is 0.367 e. The minimum Gasteiger partial charge on any atom is -0.367 e. The fourth-order valence-electron chi connectivity index (χ4n) is 2.39. The molecule has 0 aromatic heterocycles. The Bertz CT molecular complexity index is 563. The van der Waals surface area contributed by atoms with Crippen molar-refractivity contribution in [1.82, 2.24) is 4.90 Å². The van der Waals surface area contributed by atoms with Crippen LogP contribution < -0.4 is 0 Å². The molecule has 0 aliphatic heterocycles. The van der Waals surface area contributed by atoms with E-state index < -0.39 is 0 Å². The van der Waals surface area contributed by atoms with Gasteiger partial charge < -0.3 is 9.64 Å². The first-order chi connectivity index (χ1) is 10.1. The van der Waals surface area contributed by atoms with Crippen molar-refractivity contribution in [3.05, 3.63) is 70.8 Å². The Morgan fingerprint density at radius 1 is 1.00 bits per heavy atom. The summed E-state index contributed by atoms with van der Waals surface area (Å²) in [6, 6.07) is 17.0. The van der Waals surface area contributed by atoms with Gasteiger partial charge in [-0.2, -0.15) is 0 Å². The second kappa shape index (κ2) is 7.39. The Balaban J connectivity index is 2.29. The SMILES string of the molecule is Cc1ccc(C)c([C@@H](OCCN(C)C)c2ccccc2)c1. The lowest BCUT2D eigenvalue weighted by atomic mass is 9.95. The van der Waals surface area contributed by atoms with E-state index in [4.69, 9.17) is 4.74 Å². The highest BCUT2D eigenvalue weighted by Gasteiger charge is 2.17. The molecule has 0 unspecified atom stereocenters. The molecule has 0 bridgehead atoms. The monoisotopic (exact) mass is 283 g/mol. The molecule has 0 saturated carbocycles. The van der Waals surface area contributed by atoms with Crippen LogP contribution in [0.5, 0.6) is 0 Å². The molecule has 0 aliphatic rings. The fourth-order valence-corrected chi connectivity index (χ4v) is 2.39. The van der Waals surface area contributed by atoms with Gasteiger partial charge in [-0.25, -0.2) is 0 Å². The average Bonchev–Trinajstić information content (AvgIpc) is 2.47. The Labute approximate surface area is 128 Å². The van der Waals surface area contributed by atoms with Gasteiger partial charge in [0.1, 0.15) is 6.10 Å². The van der Waals surface area contributed by atoms with Gasteiger partial charge in [-0.05, 0) is 44.6 Å². The highest BCUT2D eigenvalue weighted by Crippen LogP contribution is 2.29. The number of hydrogen-bond donors (Lipinski definition) is 0. The molecular weight excluding hydrogens is 258 g/mol. The van der Waals surface area contributed by atoms with Gasteiger partial charge in [-0.15, -0.1) is 0 Å². The summed E-state index contributed by atoms with van der Waals surface area (Å²) in [6.45, 7) is 5.93. The maximum Gasteiger partial charge on any atom is 0.108 e. The summed E-state index contributed by atoms with van der Waals surface area (Å²) in [5, 5.41) is 0. The summed E-state index contributed by atoms with van der Waals surface area (Å²) in [7, 11) is 4.14. The number of hydrogen-bond acceptors (Lipinski definition) is 2. The summed E-state index contributed by atoms with van der Waals surface area (Å²) in [5.74, 6) is 0. The molecule has 2 aromatic rings. The van der Waals surface area contributed by atoms with E-state index in [1.54, 1.807) is 0 Å². The molecule has 0 spiro atoms. The minimum atomic E-state index is 0.00560. The Morgan fingerprint density at radius 2 is 1.71 bits per heavy atom. The van der Waals surface area contributed by atoms with Gasteiger partial charge >= 0.3 is 0 Å². The number of nitrogens with zero attached hydrogens (tertiary/aromatic N) is 1. The summed E-state index contributed by atoms with van der Waals surface area (Å²) in [5.41, 5.74) is 5.02. The molecule has 0 radical (unpaired) electrons. The van der Waals surface area contributed by atoms with Crippen molar-refractivity contribution >= 4 is 0 Å². The van der Waals surface area contributed by atoms with Gasteiger partial charge in [0, 0.05) is 6.54 Å². The van der Waals surface area contributed by atoms with Gasteiger partial charge in [0.2, 0.25) is 0 Å². The smallest absolute Gasteiger partial charge is 0.108 e. The number of benzene rings is 2. The van der Waals surface area contributed by atoms with Crippen molar-refractivity contribution in [3.63, 3.8) is 0 Å². The molecule has 2 aromatic carbocycles. The lowest BCUT2D eigenvalue weighted by Gasteiger charge is -2.22. The van der Waals surface area contributed by atoms with Crippen LogP contribution >= 0.6 is 0 Å². The molecule has 2 heteroatoms. The molecular formula is C19H25NO. The van der Waals surface area contributed by atoms with Crippen LogP contribution in [0, 0.1) is 13.8 Å². The normalized spacial score (nSPS) is 12.6. The van der Waals surface area contributed by atoms with Crippen LogP contribution in [0.3, 0.4) is 0 Å². The van der Waals surface area contributed by atoms with Gasteiger partial charge in [0.25, 0.3) is 0 Å². The molecule has 0 saturated heterocycles. The van der Waals surface area contributed by atoms with E-state index in [1.165, 1.54) is 22.3 Å². The van der Waals surface area contributed by atoms with Crippen LogP contribution in [0.4, 0.5) is 0 Å². The maximum atomic E-state index is 6.22. The van der Waals surface area contributed by atoms with Crippen LogP contribution in [0.2, 0.25) is 0 Å². The topological polar surface area (TPSA) is 12.5 Å². The van der Waals surface area contributed by atoms with Crippen LogP contribution in [0.25, 0.3) is 0 Å². The minimum absolute atomic E-state index is 0.00560. The third-order valence-electron chi connectivity index (χ3n) is 3.64. The Hall–Kier alpha value is -1.64. The van der Waals surface area contributed by atoms with Crippen molar-refractivity contribution < 1.29 is 4.74 Å². The van der Waals surface area contributed by atoms with Crippen molar-refractivity contribution in [2.75, 3.05) is 27.2 Å². The Kier molecular flexibility index (Phi) is 5.54. The fraction of sp³-hybridized carbons (Fsp3) is 0.368. The molecule has 0 N–H and O–H groups in total. The number of ether oxygens (including phenoxy) is 1. The van der Waals surface area contributed by atoms with E-state index in [1.807, 2.05) is 6.07 Å². The zero-order valence-electron chi connectivity index (χ0n) is 13.5. The van der Waals surface area contributed by atoms with Crippen molar-refractivity contribution in [2.24, 2.45) is 0 Å². The second-order valence-electron chi connectivity index (χ2n) is 5.82. The zero-order chi connectivity index (χ0) is 15.2. The highest BCUT2D eigenvalue weighted by molar-refractivity contribution is 5.38. The van der Waals surface area contributed by atoms with E-state index in [-0.39, 0.29) is 6.10 Å². The van der Waals surface area contributed by atoms with Crippen LogP contribution in [-0.2, 0) is 4.74 Å². The van der Waals surface area contributed by atoms with Gasteiger partial charge in [-0.3, -0.25) is 0 Å². The van der Waals surface area contributed by atoms with Gasteiger partial charge in [0.15, 0.2) is 0 Å². The third-order valence-corrected chi connectivity index (χ3v) is 3.64. The first-order valence-corrected chi connectivity index (χ1v) is 7.46. The quantitative estimate of drug-likeness (QED) is 0.795. The van der Waals surface area contributed by atoms with E-state index in [0.29, 0.717) is 0 Å². The molecule has 21 heavy (non-hydrogen) atoms. The number of likely N-dealkylation sites (N-methyl/N-ethyl adjacent to an activating group) is 1. The number of aryl methyl sites for hydroxylation is 2. The maximum absolute atomic E-state index is 6.22. The molecule has 2 nitrogen and oxygen atoms in total. The van der Waals surface area contributed by atoms with E-state index in [0.717, 1.165) is 13.2 Å². The standard InChI is InChI=1S/C19H25NO/c1-15-10-11-16(2)18(14-15)19(21-13-12-20(3)4)17-8-6-5-7-9-17/h5-11,14,19H,12-13H2,1-4H3/t19-/m0/s1. The predicted octanol–water partition coefficient (Wildman–Crippen LogP) is 3.97. The Morgan fingerprint density at radius 3 is 2.38 bits per heavy atom. The second-order valence-corrected chi connectivity index (χ2v) is 5.82. The van der Waals surface area contributed by atoms with Crippen molar-refractivity contribution in [2.45, 2.75) is 20.0 Å². The molecule has 2 rings (SSSR count). The molecule has 112 valence electrons. The molecule has 0 aliphatic carbocycles. The van der Waals surface area contributed by atoms with E-state index >= 15 is 0 Å². The third kappa shape index (κ3) is 4.42. The lowest BCUT2D eigenvalue weighted by molar-refractivity contribution is 0.0683. The van der Waals surface area contributed by atoms with Crippen molar-refractivity contribution in [3.8, 4) is 0 Å². The van der Waals surface area contributed by atoms with Crippen LogP contribution in [0.15, 0.2) is 48.5 Å². The van der Waals surface area contributed by atoms with Crippen LogP contribution in [-0.4, -0.2) is 32.1 Å². The molecule has 0 fully saturated rings.